The molecule has 0 spiro atoms. The van der Waals surface area contributed by atoms with E-state index in [1.165, 1.54) is 0 Å². The topological polar surface area (TPSA) is 64.3 Å². The molecule has 21 heavy (non-hydrogen) atoms. The molecule has 0 heterocycles. The molecule has 0 radical (unpaired) electrons. The summed E-state index contributed by atoms with van der Waals surface area (Å²) >= 11 is 6.12. The molecular weight excluding hydrogens is 288 g/mol. The number of ether oxygens (including phenoxy) is 1. The highest BCUT2D eigenvalue weighted by atomic mass is 35.5. The molecule has 1 aromatic carbocycles. The molecule has 0 aliphatic rings. The summed E-state index contributed by atoms with van der Waals surface area (Å²) in [5.41, 5.74) is 7.90. The maximum absolute atomic E-state index is 11.4. The molecule has 0 unspecified atom stereocenters. The van der Waals surface area contributed by atoms with E-state index in [4.69, 9.17) is 22.1 Å². The van der Waals surface area contributed by atoms with Gasteiger partial charge in [-0.3, -0.25) is 0 Å². The van der Waals surface area contributed by atoms with Crippen LogP contribution in [-0.4, -0.2) is 18.2 Å². The van der Waals surface area contributed by atoms with Crippen LogP contribution in [0.25, 0.3) is 6.08 Å². The summed E-state index contributed by atoms with van der Waals surface area (Å²) in [6.45, 7) is 7.94. The Morgan fingerprint density at radius 3 is 2.71 bits per heavy atom. The van der Waals surface area contributed by atoms with Crippen LogP contribution in [-0.2, 0) is 4.74 Å². The Morgan fingerprint density at radius 1 is 1.43 bits per heavy atom. The molecule has 0 saturated heterocycles. The van der Waals surface area contributed by atoms with Gasteiger partial charge < -0.3 is 15.8 Å². The van der Waals surface area contributed by atoms with Gasteiger partial charge in [-0.1, -0.05) is 23.8 Å². The van der Waals surface area contributed by atoms with Crippen LogP contribution in [0.5, 0.6) is 0 Å². The van der Waals surface area contributed by atoms with Gasteiger partial charge in [-0.15, -0.1) is 0 Å². The molecule has 1 aromatic rings. The highest BCUT2D eigenvalue weighted by molar-refractivity contribution is 6.32. The average Bonchev–Trinajstić information content (AvgIpc) is 2.32. The maximum Gasteiger partial charge on any atom is 0.407 e. The Labute approximate surface area is 131 Å². The molecule has 0 bridgehead atoms. The number of amides is 1. The molecule has 1 rings (SSSR count). The van der Waals surface area contributed by atoms with E-state index in [-0.39, 0.29) is 0 Å². The summed E-state index contributed by atoms with van der Waals surface area (Å²) in [6.07, 6.45) is 4.16. The predicted molar refractivity (Wildman–Crippen MR) is 88.5 cm³/mol. The first-order valence-electron chi connectivity index (χ1n) is 6.88. The summed E-state index contributed by atoms with van der Waals surface area (Å²) in [7, 11) is 0. The Balaban J connectivity index is 2.43. The molecular formula is C16H23ClN2O2. The Morgan fingerprint density at radius 2 is 2.10 bits per heavy atom. The fourth-order valence-corrected chi connectivity index (χ4v) is 1.86. The minimum atomic E-state index is -0.477. The minimum absolute atomic E-state index is 0.405. The summed E-state index contributed by atoms with van der Waals surface area (Å²) < 4.78 is 5.14. The Hall–Kier alpha value is -1.68. The van der Waals surface area contributed by atoms with Crippen molar-refractivity contribution < 1.29 is 9.53 Å². The second-order valence-electron chi connectivity index (χ2n) is 5.85. The maximum atomic E-state index is 11.4. The zero-order chi connectivity index (χ0) is 16.0. The fraction of sp³-hybridized carbons (Fsp3) is 0.438. The SMILES string of the molecule is Cc1cc(C=CCCNC(=O)OC(C)(C)C)c(Cl)cc1N. The van der Waals surface area contributed by atoms with E-state index in [0.717, 1.165) is 11.1 Å². The molecule has 0 aliphatic carbocycles. The minimum Gasteiger partial charge on any atom is -0.444 e. The van der Waals surface area contributed by atoms with Crippen LogP contribution in [0.1, 0.15) is 38.3 Å². The van der Waals surface area contributed by atoms with Gasteiger partial charge >= 0.3 is 6.09 Å². The molecule has 116 valence electrons. The average molecular weight is 311 g/mol. The number of hydrogen-bond acceptors (Lipinski definition) is 3. The van der Waals surface area contributed by atoms with Crippen molar-refractivity contribution in [2.75, 3.05) is 12.3 Å². The largest absolute Gasteiger partial charge is 0.444 e. The lowest BCUT2D eigenvalue weighted by atomic mass is 10.1. The molecule has 5 heteroatoms. The number of anilines is 1. The van der Waals surface area contributed by atoms with E-state index < -0.39 is 11.7 Å². The number of hydrogen-bond donors (Lipinski definition) is 2. The van der Waals surface area contributed by atoms with Gasteiger partial charge in [0.05, 0.1) is 0 Å². The summed E-state index contributed by atoms with van der Waals surface area (Å²) in [5, 5.41) is 3.32. The third-order valence-electron chi connectivity index (χ3n) is 2.66. The zero-order valence-corrected chi connectivity index (χ0v) is 13.8. The van der Waals surface area contributed by atoms with Crippen molar-refractivity contribution in [3.05, 3.63) is 34.4 Å². The second kappa shape index (κ2) is 7.36. The molecule has 0 aromatic heterocycles. The number of rotatable bonds is 4. The number of benzene rings is 1. The lowest BCUT2D eigenvalue weighted by Crippen LogP contribution is -2.32. The monoisotopic (exact) mass is 310 g/mol. The molecule has 0 saturated carbocycles. The van der Waals surface area contributed by atoms with E-state index >= 15 is 0 Å². The fourth-order valence-electron chi connectivity index (χ4n) is 1.63. The molecule has 4 nitrogen and oxygen atoms in total. The highest BCUT2D eigenvalue weighted by Crippen LogP contribution is 2.24. The van der Waals surface area contributed by atoms with Gasteiger partial charge in [0.25, 0.3) is 0 Å². The van der Waals surface area contributed by atoms with Crippen molar-refractivity contribution in [3.8, 4) is 0 Å². The number of carbonyl (C=O) groups excluding carboxylic acids is 1. The van der Waals surface area contributed by atoms with Gasteiger partial charge in [-0.05, 0) is 57.4 Å². The van der Waals surface area contributed by atoms with E-state index in [1.807, 2.05) is 45.9 Å². The molecule has 0 aliphatic heterocycles. The van der Waals surface area contributed by atoms with Crippen molar-refractivity contribution >= 4 is 29.5 Å². The van der Waals surface area contributed by atoms with Crippen LogP contribution >= 0.6 is 11.6 Å². The lowest BCUT2D eigenvalue weighted by molar-refractivity contribution is 0.0529. The van der Waals surface area contributed by atoms with Gasteiger partial charge in [0.1, 0.15) is 5.60 Å². The van der Waals surface area contributed by atoms with E-state index in [2.05, 4.69) is 5.32 Å². The molecule has 0 atom stereocenters. The van der Waals surface area contributed by atoms with Gasteiger partial charge in [-0.25, -0.2) is 4.79 Å². The first kappa shape index (κ1) is 17.4. The van der Waals surface area contributed by atoms with E-state index in [0.29, 0.717) is 23.7 Å². The van der Waals surface area contributed by atoms with Gasteiger partial charge in [0, 0.05) is 17.3 Å². The van der Waals surface area contributed by atoms with Crippen molar-refractivity contribution in [2.45, 2.75) is 39.7 Å². The quantitative estimate of drug-likeness (QED) is 0.648. The third-order valence-corrected chi connectivity index (χ3v) is 2.99. The van der Waals surface area contributed by atoms with E-state index in [9.17, 15) is 4.79 Å². The van der Waals surface area contributed by atoms with Crippen molar-refractivity contribution in [1.82, 2.24) is 5.32 Å². The van der Waals surface area contributed by atoms with Crippen molar-refractivity contribution in [2.24, 2.45) is 0 Å². The molecule has 1 amide bonds. The van der Waals surface area contributed by atoms with Gasteiger partial charge in [-0.2, -0.15) is 0 Å². The number of halogens is 1. The molecule has 0 fully saturated rings. The molecule has 3 N–H and O–H groups in total. The Bertz CT molecular complexity index is 534. The van der Waals surface area contributed by atoms with Gasteiger partial charge in [0.15, 0.2) is 0 Å². The highest BCUT2D eigenvalue weighted by Gasteiger charge is 2.15. The van der Waals surface area contributed by atoms with Crippen LogP contribution < -0.4 is 11.1 Å². The number of aryl methyl sites for hydroxylation is 1. The van der Waals surface area contributed by atoms with Crippen molar-refractivity contribution in [1.29, 1.82) is 0 Å². The summed E-state index contributed by atoms with van der Waals surface area (Å²) in [4.78, 5) is 11.4. The van der Waals surface area contributed by atoms with E-state index in [1.54, 1.807) is 6.07 Å². The van der Waals surface area contributed by atoms with Crippen LogP contribution in [0.3, 0.4) is 0 Å². The standard InChI is InChI=1S/C16H23ClN2O2/c1-11-9-12(13(17)10-14(11)18)7-5-6-8-19-15(20)21-16(2,3)4/h5,7,9-10H,6,8,18H2,1-4H3,(H,19,20). The number of alkyl carbamates (subject to hydrolysis) is 1. The number of nitrogens with one attached hydrogen (secondary N) is 1. The lowest BCUT2D eigenvalue weighted by Gasteiger charge is -2.19. The first-order chi connectivity index (χ1) is 9.69. The third kappa shape index (κ3) is 6.54. The summed E-state index contributed by atoms with van der Waals surface area (Å²) in [6, 6.07) is 3.69. The number of nitrogens with two attached hydrogens (primary N) is 1. The summed E-state index contributed by atoms with van der Waals surface area (Å²) in [5.74, 6) is 0. The number of carbonyl (C=O) groups is 1. The smallest absolute Gasteiger partial charge is 0.407 e. The normalized spacial score (nSPS) is 11.7. The number of nitrogen functional groups attached to an aromatic ring is 1. The van der Waals surface area contributed by atoms with Crippen LogP contribution in [0.4, 0.5) is 10.5 Å². The Kier molecular flexibility index (Phi) is 6.09. The van der Waals surface area contributed by atoms with Crippen LogP contribution in [0, 0.1) is 6.92 Å². The van der Waals surface area contributed by atoms with Gasteiger partial charge in [0.2, 0.25) is 0 Å². The van der Waals surface area contributed by atoms with Crippen LogP contribution in [0.15, 0.2) is 18.2 Å². The van der Waals surface area contributed by atoms with Crippen molar-refractivity contribution in [3.63, 3.8) is 0 Å². The van der Waals surface area contributed by atoms with Crippen LogP contribution in [0.2, 0.25) is 5.02 Å². The second-order valence-corrected chi connectivity index (χ2v) is 6.26. The predicted octanol–water partition coefficient (Wildman–Crippen LogP) is 4.16. The first-order valence-corrected chi connectivity index (χ1v) is 7.26. The zero-order valence-electron chi connectivity index (χ0n) is 13.0.